The van der Waals surface area contributed by atoms with Crippen molar-refractivity contribution in [2.45, 2.75) is 16.9 Å². The van der Waals surface area contributed by atoms with E-state index >= 15 is 0 Å². The van der Waals surface area contributed by atoms with Gasteiger partial charge in [-0.3, -0.25) is 0 Å². The molecule has 1 unspecified atom stereocenters. The van der Waals surface area contributed by atoms with Crippen LogP contribution in [0.4, 0.5) is 0 Å². The molecule has 1 aromatic heterocycles. The van der Waals surface area contributed by atoms with Gasteiger partial charge in [-0.25, -0.2) is 4.79 Å². The molecule has 1 heterocycles. The Hall–Kier alpha value is -1.67. The van der Waals surface area contributed by atoms with E-state index in [-0.39, 0.29) is 6.54 Å². The van der Waals surface area contributed by atoms with Crippen LogP contribution in [0, 0.1) is 12.3 Å². The number of nitrogens with zero attached hydrogens (tertiary/aromatic N) is 1. The van der Waals surface area contributed by atoms with Gasteiger partial charge in [0, 0.05) is 22.7 Å². The zero-order chi connectivity index (χ0) is 14.9. The van der Waals surface area contributed by atoms with E-state index in [1.807, 2.05) is 24.3 Å². The summed E-state index contributed by atoms with van der Waals surface area (Å²) in [5.41, 5.74) is 5.41. The van der Waals surface area contributed by atoms with Gasteiger partial charge < -0.3 is 15.4 Å². The first kappa shape index (κ1) is 14.7. The average molecular weight is 311 g/mol. The molecule has 0 radical (unpaired) electrons. The third-order valence-corrected chi connectivity index (χ3v) is 3.58. The number of rotatable bonds is 4. The second kappa shape index (κ2) is 5.37. The number of nitrogens with two attached hydrogens (primary N) is 1. The van der Waals surface area contributed by atoms with Gasteiger partial charge in [0.2, 0.25) is 0 Å². The lowest BCUT2D eigenvalue weighted by atomic mass is 10.0. The van der Waals surface area contributed by atoms with Gasteiger partial charge in [-0.15, -0.1) is 6.42 Å². The Labute approximate surface area is 126 Å². The zero-order valence-electron chi connectivity index (χ0n) is 10.4. The van der Waals surface area contributed by atoms with Crippen LogP contribution < -0.4 is 5.73 Å². The smallest absolute Gasteiger partial charge is 0.338 e. The molecule has 2 aromatic rings. The highest BCUT2D eigenvalue weighted by molar-refractivity contribution is 6.44. The summed E-state index contributed by atoms with van der Waals surface area (Å²) in [5, 5.41) is 9.99. The van der Waals surface area contributed by atoms with Crippen molar-refractivity contribution in [1.29, 1.82) is 0 Å². The number of benzene rings is 1. The molecule has 0 aliphatic carbocycles. The molecule has 104 valence electrons. The summed E-state index contributed by atoms with van der Waals surface area (Å²) in [6, 6.07) is 7.36. The maximum atomic E-state index is 11.2. The summed E-state index contributed by atoms with van der Waals surface area (Å²) in [6.07, 6.45) is 6.92. The van der Waals surface area contributed by atoms with E-state index in [0.717, 1.165) is 10.9 Å². The Morgan fingerprint density at radius 3 is 2.70 bits per heavy atom. The quantitative estimate of drug-likeness (QED) is 0.673. The van der Waals surface area contributed by atoms with Gasteiger partial charge in [0.1, 0.15) is 4.84 Å². The number of alkyl halides is 2. The van der Waals surface area contributed by atoms with Crippen molar-refractivity contribution in [2.24, 2.45) is 5.73 Å². The van der Waals surface area contributed by atoms with Gasteiger partial charge in [-0.05, 0) is 6.07 Å². The minimum atomic E-state index is -1.78. The molecule has 0 bridgehead atoms. The van der Waals surface area contributed by atoms with Gasteiger partial charge in [-0.1, -0.05) is 47.3 Å². The van der Waals surface area contributed by atoms with Crippen molar-refractivity contribution < 1.29 is 9.90 Å². The molecule has 2 rings (SSSR count). The molecule has 6 heteroatoms. The van der Waals surface area contributed by atoms with Crippen LogP contribution >= 0.6 is 23.2 Å². The molecule has 1 atom stereocenters. The molecular formula is C14H12Cl2N2O2. The van der Waals surface area contributed by atoms with Gasteiger partial charge in [0.15, 0.2) is 5.54 Å². The summed E-state index contributed by atoms with van der Waals surface area (Å²) >= 11 is 11.9. The molecule has 20 heavy (non-hydrogen) atoms. The molecule has 0 aliphatic heterocycles. The first-order valence-corrected chi connectivity index (χ1v) is 6.62. The number of fused-ring (bicyclic) bond motifs is 1. The number of halogens is 2. The predicted molar refractivity (Wildman–Crippen MR) is 79.8 cm³/mol. The number of carboxylic acids is 1. The highest BCUT2D eigenvalue weighted by Gasteiger charge is 2.33. The zero-order valence-corrected chi connectivity index (χ0v) is 11.9. The van der Waals surface area contributed by atoms with Crippen molar-refractivity contribution in [2.75, 3.05) is 0 Å². The molecule has 0 saturated heterocycles. The molecule has 0 spiro atoms. The van der Waals surface area contributed by atoms with Gasteiger partial charge >= 0.3 is 5.97 Å². The molecule has 4 nitrogen and oxygen atoms in total. The lowest BCUT2D eigenvalue weighted by Crippen LogP contribution is -2.50. The minimum absolute atomic E-state index is 0.0696. The first-order chi connectivity index (χ1) is 9.39. The molecule has 1 aromatic carbocycles. The second-order valence-corrected chi connectivity index (χ2v) is 5.55. The molecule has 0 saturated carbocycles. The van der Waals surface area contributed by atoms with E-state index in [9.17, 15) is 4.79 Å². The Balaban J connectivity index is 2.56. The van der Waals surface area contributed by atoms with Crippen LogP contribution in [-0.2, 0) is 11.3 Å². The monoisotopic (exact) mass is 310 g/mol. The molecule has 0 aliphatic rings. The maximum Gasteiger partial charge on any atom is 0.338 e. The summed E-state index contributed by atoms with van der Waals surface area (Å²) in [4.78, 5) is 10.5. The summed E-state index contributed by atoms with van der Waals surface area (Å²) < 4.78 is 1.66. The number of para-hydroxylation sites is 1. The Morgan fingerprint density at radius 1 is 1.50 bits per heavy atom. The average Bonchev–Trinajstić information content (AvgIpc) is 2.77. The van der Waals surface area contributed by atoms with Crippen LogP contribution in [-0.4, -0.2) is 21.2 Å². The van der Waals surface area contributed by atoms with Crippen molar-refractivity contribution in [3.8, 4) is 12.3 Å². The normalized spacial score (nSPS) is 14.2. The van der Waals surface area contributed by atoms with E-state index in [1.54, 1.807) is 10.8 Å². The number of carboxylic acid groups (broad SMARTS) is 1. The number of aliphatic carboxylic acids is 1. The lowest BCUT2D eigenvalue weighted by molar-refractivity contribution is -0.141. The van der Waals surface area contributed by atoms with Gasteiger partial charge in [0.05, 0.1) is 6.54 Å². The van der Waals surface area contributed by atoms with Crippen molar-refractivity contribution in [3.05, 3.63) is 36.0 Å². The molecule has 0 amide bonds. The third kappa shape index (κ3) is 2.48. The van der Waals surface area contributed by atoms with Crippen LogP contribution in [0.25, 0.3) is 10.9 Å². The molecule has 0 fully saturated rings. The predicted octanol–water partition coefficient (Wildman–Crippen LogP) is 2.53. The molecular weight excluding hydrogens is 299 g/mol. The van der Waals surface area contributed by atoms with Crippen LogP contribution in [0.5, 0.6) is 0 Å². The Kier molecular flexibility index (Phi) is 3.96. The number of terminal acetylenes is 1. The summed E-state index contributed by atoms with van der Waals surface area (Å²) in [5.74, 6) is 0.864. The van der Waals surface area contributed by atoms with Gasteiger partial charge in [0.25, 0.3) is 0 Å². The highest BCUT2D eigenvalue weighted by atomic mass is 35.5. The van der Waals surface area contributed by atoms with Crippen LogP contribution in [0.15, 0.2) is 30.5 Å². The number of hydrogen-bond acceptors (Lipinski definition) is 2. The SMILES string of the molecule is C#CC(N)(Cn1cc(C(Cl)Cl)c2ccccc21)C(=O)O. The highest BCUT2D eigenvalue weighted by Crippen LogP contribution is 2.33. The van der Waals surface area contributed by atoms with Crippen molar-refractivity contribution in [1.82, 2.24) is 4.57 Å². The van der Waals surface area contributed by atoms with E-state index < -0.39 is 16.3 Å². The first-order valence-electron chi connectivity index (χ1n) is 5.75. The van der Waals surface area contributed by atoms with Crippen LogP contribution in [0.1, 0.15) is 10.4 Å². The van der Waals surface area contributed by atoms with E-state index in [0.29, 0.717) is 5.56 Å². The van der Waals surface area contributed by atoms with E-state index in [4.69, 9.17) is 40.5 Å². The standard InChI is InChI=1S/C14H12Cl2N2O2/c1-2-14(17,13(19)20)8-18-7-10(12(15)16)9-5-3-4-6-11(9)18/h1,3-7,12H,8,17H2,(H,19,20). The lowest BCUT2D eigenvalue weighted by Gasteiger charge is -2.19. The van der Waals surface area contributed by atoms with E-state index in [1.165, 1.54) is 0 Å². The number of hydrogen-bond donors (Lipinski definition) is 2. The number of carbonyl (C=O) groups is 1. The van der Waals surface area contributed by atoms with E-state index in [2.05, 4.69) is 5.92 Å². The van der Waals surface area contributed by atoms with Crippen LogP contribution in [0.3, 0.4) is 0 Å². The maximum absolute atomic E-state index is 11.2. The minimum Gasteiger partial charge on any atom is -0.479 e. The topological polar surface area (TPSA) is 68.2 Å². The fourth-order valence-corrected chi connectivity index (χ4v) is 2.37. The molecule has 3 N–H and O–H groups in total. The fraction of sp³-hybridized carbons (Fsp3) is 0.214. The summed E-state index contributed by atoms with van der Waals surface area (Å²) in [6.45, 7) is -0.0696. The van der Waals surface area contributed by atoms with Crippen molar-refractivity contribution in [3.63, 3.8) is 0 Å². The van der Waals surface area contributed by atoms with Gasteiger partial charge in [-0.2, -0.15) is 0 Å². The fourth-order valence-electron chi connectivity index (χ4n) is 2.02. The second-order valence-electron chi connectivity index (χ2n) is 4.45. The third-order valence-electron chi connectivity index (χ3n) is 3.11. The van der Waals surface area contributed by atoms with Crippen LogP contribution in [0.2, 0.25) is 0 Å². The Bertz CT molecular complexity index is 703. The summed E-state index contributed by atoms with van der Waals surface area (Å²) in [7, 11) is 0. The number of aromatic nitrogens is 1. The largest absolute Gasteiger partial charge is 0.479 e. The Morgan fingerprint density at radius 2 is 2.15 bits per heavy atom. The van der Waals surface area contributed by atoms with Crippen molar-refractivity contribution >= 4 is 40.1 Å².